The topological polar surface area (TPSA) is 16.2 Å². The summed E-state index contributed by atoms with van der Waals surface area (Å²) in [6, 6.07) is 2.28. The second kappa shape index (κ2) is 8.28. The molecule has 0 aromatic carbocycles. The average Bonchev–Trinajstić information content (AvgIpc) is 3.14. The van der Waals surface area contributed by atoms with Gasteiger partial charge in [0, 0.05) is 37.3 Å². The van der Waals surface area contributed by atoms with Crippen molar-refractivity contribution >= 4 is 11.4 Å². The highest BCUT2D eigenvalue weighted by Gasteiger charge is 2.30. The third-order valence-corrected chi connectivity index (χ3v) is 5.80. The minimum Gasteiger partial charge on any atom is -1.00 e. The third kappa shape index (κ3) is 3.99. The Morgan fingerprint density at radius 2 is 1.96 bits per heavy atom. The summed E-state index contributed by atoms with van der Waals surface area (Å²) in [5.74, 6) is 0.373. The molecular formula is C20H27Br2N3. The molecule has 3 nitrogen and oxygen atoms in total. The van der Waals surface area contributed by atoms with E-state index in [4.69, 9.17) is 4.99 Å². The first-order valence-electron chi connectivity index (χ1n) is 8.96. The summed E-state index contributed by atoms with van der Waals surface area (Å²) < 4.78 is 3.67. The highest BCUT2D eigenvalue weighted by atomic mass is 79.9. The first-order valence-corrected chi connectivity index (χ1v) is 8.96. The van der Waals surface area contributed by atoms with Crippen molar-refractivity contribution in [1.82, 2.24) is 0 Å². The first-order chi connectivity index (χ1) is 11.2. The fourth-order valence-corrected chi connectivity index (χ4v) is 4.32. The van der Waals surface area contributed by atoms with E-state index in [0.29, 0.717) is 5.92 Å². The van der Waals surface area contributed by atoms with Crippen LogP contribution in [-0.4, -0.2) is 36.9 Å². The van der Waals surface area contributed by atoms with Crippen LogP contribution in [0.4, 0.5) is 5.69 Å². The molecule has 3 heterocycles. The van der Waals surface area contributed by atoms with Crippen molar-refractivity contribution in [3.8, 4) is 0 Å². The smallest absolute Gasteiger partial charge is 0.204 e. The normalized spacial score (nSPS) is 21.8. The predicted octanol–water partition coefficient (Wildman–Crippen LogP) is -2.78. The Kier molecular flexibility index (Phi) is 6.80. The molecule has 1 unspecified atom stereocenters. The van der Waals surface area contributed by atoms with Gasteiger partial charge in [0.25, 0.3) is 0 Å². The van der Waals surface area contributed by atoms with Crippen LogP contribution in [0.3, 0.4) is 0 Å². The van der Waals surface area contributed by atoms with E-state index < -0.39 is 0 Å². The molecule has 5 heteroatoms. The molecule has 4 rings (SSSR count). The van der Waals surface area contributed by atoms with Crippen LogP contribution in [0.15, 0.2) is 41.6 Å². The van der Waals surface area contributed by atoms with Crippen LogP contribution in [0.2, 0.25) is 0 Å². The number of nitrogens with zero attached hydrogens (tertiary/aromatic N) is 3. The van der Waals surface area contributed by atoms with E-state index in [1.54, 1.807) is 0 Å². The first kappa shape index (κ1) is 20.5. The summed E-state index contributed by atoms with van der Waals surface area (Å²) in [6.07, 6.45) is 15.0. The van der Waals surface area contributed by atoms with Crippen LogP contribution in [0.1, 0.15) is 36.4 Å². The summed E-state index contributed by atoms with van der Waals surface area (Å²) in [4.78, 5) is 4.89. The van der Waals surface area contributed by atoms with E-state index in [1.807, 2.05) is 0 Å². The van der Waals surface area contributed by atoms with Crippen LogP contribution in [0, 0.1) is 6.92 Å². The van der Waals surface area contributed by atoms with Gasteiger partial charge in [-0.1, -0.05) is 18.2 Å². The number of quaternary nitrogens is 1. The van der Waals surface area contributed by atoms with Crippen LogP contribution in [0.5, 0.6) is 0 Å². The summed E-state index contributed by atoms with van der Waals surface area (Å²) in [5, 5.41) is 0. The summed E-state index contributed by atoms with van der Waals surface area (Å²) in [7, 11) is 2.42. The average molecular weight is 469 g/mol. The molecule has 0 spiro atoms. The quantitative estimate of drug-likeness (QED) is 0.336. The standard InChI is InChI=1S/C20H27N3.2BrH/c1-16-20-18(17-8-3-4-9-19(17)21-20)10-12-22(16)11-7-15-23(2)13-5-6-14-23;;/h3-4,8-10,12,17H,5-7,11,13-15H2,1-2H3;2*1H/q+2;;/p-2. The number of aryl methyl sites for hydroxylation is 1. The lowest BCUT2D eigenvalue weighted by Gasteiger charge is -2.28. The molecule has 0 saturated carbocycles. The number of aliphatic imine (C=N–C) groups is 1. The van der Waals surface area contributed by atoms with Crippen molar-refractivity contribution in [3.63, 3.8) is 0 Å². The highest BCUT2D eigenvalue weighted by Crippen LogP contribution is 2.38. The van der Waals surface area contributed by atoms with Gasteiger partial charge in [-0.15, -0.1) is 0 Å². The van der Waals surface area contributed by atoms with E-state index in [1.165, 1.54) is 66.0 Å². The molecule has 1 fully saturated rings. The zero-order valence-electron chi connectivity index (χ0n) is 15.1. The zero-order valence-corrected chi connectivity index (χ0v) is 18.3. The molecule has 2 aliphatic heterocycles. The SMILES string of the molecule is Cc1c2c(cc[n+]1CCC[N+]1(C)CCCC1)C1C=CC=CC1=N2.[Br-].[Br-]. The van der Waals surface area contributed by atoms with Crippen molar-refractivity contribution in [1.29, 1.82) is 0 Å². The molecule has 136 valence electrons. The molecule has 0 amide bonds. The van der Waals surface area contributed by atoms with E-state index in [-0.39, 0.29) is 34.0 Å². The van der Waals surface area contributed by atoms with Gasteiger partial charge in [-0.05, 0) is 6.08 Å². The van der Waals surface area contributed by atoms with Crippen molar-refractivity contribution in [2.45, 2.75) is 38.6 Å². The number of allylic oxidation sites excluding steroid dienone is 4. The van der Waals surface area contributed by atoms with Gasteiger partial charge in [-0.3, -0.25) is 0 Å². The van der Waals surface area contributed by atoms with Gasteiger partial charge < -0.3 is 38.4 Å². The molecule has 0 N–H and O–H groups in total. The molecule has 1 saturated heterocycles. The number of hydrogen-bond donors (Lipinski definition) is 0. The largest absolute Gasteiger partial charge is 1.00 e. The highest BCUT2D eigenvalue weighted by molar-refractivity contribution is 6.08. The number of likely N-dealkylation sites (tertiary alicyclic amines) is 1. The van der Waals surface area contributed by atoms with Crippen molar-refractivity contribution < 1.29 is 43.0 Å². The predicted molar refractivity (Wildman–Crippen MR) is 94.1 cm³/mol. The molecule has 25 heavy (non-hydrogen) atoms. The lowest BCUT2D eigenvalue weighted by molar-refractivity contribution is -0.900. The maximum absolute atomic E-state index is 4.89. The summed E-state index contributed by atoms with van der Waals surface area (Å²) in [5.41, 5.74) is 5.08. The summed E-state index contributed by atoms with van der Waals surface area (Å²) >= 11 is 0. The van der Waals surface area contributed by atoms with Gasteiger partial charge in [0.2, 0.25) is 5.69 Å². The Hall–Kier alpha value is -0.780. The minimum absolute atomic E-state index is 0. The molecule has 1 aliphatic carbocycles. The number of fused-ring (bicyclic) bond motifs is 3. The molecule has 1 aromatic rings. The Morgan fingerprint density at radius 3 is 2.72 bits per heavy atom. The van der Waals surface area contributed by atoms with E-state index in [2.05, 4.69) is 55.1 Å². The number of halogens is 2. The van der Waals surface area contributed by atoms with Gasteiger partial charge in [0.15, 0.2) is 12.7 Å². The molecular weight excluding hydrogens is 442 g/mol. The lowest BCUT2D eigenvalue weighted by atomic mass is 9.93. The molecule has 0 bridgehead atoms. The van der Waals surface area contributed by atoms with Gasteiger partial charge in [-0.25, -0.2) is 9.56 Å². The van der Waals surface area contributed by atoms with Crippen molar-refractivity contribution in [2.75, 3.05) is 26.7 Å². The van der Waals surface area contributed by atoms with Crippen LogP contribution >= 0.6 is 0 Å². The monoisotopic (exact) mass is 467 g/mol. The second-order valence-electron chi connectivity index (χ2n) is 7.51. The Bertz CT molecular complexity index is 716. The summed E-state index contributed by atoms with van der Waals surface area (Å²) in [6.45, 7) is 7.35. The van der Waals surface area contributed by atoms with E-state index in [0.717, 1.165) is 6.54 Å². The zero-order chi connectivity index (χ0) is 15.9. The number of pyridine rings is 1. The number of aromatic nitrogens is 1. The molecule has 1 aromatic heterocycles. The van der Waals surface area contributed by atoms with Gasteiger partial charge >= 0.3 is 0 Å². The number of hydrogen-bond acceptors (Lipinski definition) is 1. The van der Waals surface area contributed by atoms with E-state index >= 15 is 0 Å². The minimum atomic E-state index is 0. The second-order valence-corrected chi connectivity index (χ2v) is 7.51. The lowest BCUT2D eigenvalue weighted by Crippen LogP contribution is -3.00. The molecule has 1 atom stereocenters. The van der Waals surface area contributed by atoms with Crippen molar-refractivity contribution in [2.24, 2.45) is 4.99 Å². The maximum atomic E-state index is 4.89. The van der Waals surface area contributed by atoms with Crippen LogP contribution < -0.4 is 38.5 Å². The number of rotatable bonds is 4. The maximum Gasteiger partial charge on any atom is 0.204 e. The van der Waals surface area contributed by atoms with E-state index in [9.17, 15) is 0 Å². The van der Waals surface area contributed by atoms with Crippen LogP contribution in [0.25, 0.3) is 0 Å². The van der Waals surface area contributed by atoms with Crippen LogP contribution in [-0.2, 0) is 6.54 Å². The Morgan fingerprint density at radius 1 is 1.20 bits per heavy atom. The fourth-order valence-electron chi connectivity index (χ4n) is 4.32. The Balaban J connectivity index is 0.00000113. The van der Waals surface area contributed by atoms with Crippen molar-refractivity contribution in [3.05, 3.63) is 47.8 Å². The third-order valence-electron chi connectivity index (χ3n) is 5.80. The molecule has 0 radical (unpaired) electrons. The Labute approximate surface area is 172 Å². The molecule has 3 aliphatic rings. The van der Waals surface area contributed by atoms with Gasteiger partial charge in [-0.2, -0.15) is 0 Å². The van der Waals surface area contributed by atoms with Gasteiger partial charge in [0.05, 0.1) is 38.8 Å². The van der Waals surface area contributed by atoms with Gasteiger partial charge in [0.1, 0.15) is 5.69 Å². The fraction of sp³-hybridized carbons (Fsp3) is 0.500.